The van der Waals surface area contributed by atoms with Crippen LogP contribution in [0.25, 0.3) is 0 Å². The first-order chi connectivity index (χ1) is 7.76. The average Bonchev–Trinajstić information content (AvgIpc) is 2.19. The highest BCUT2D eigenvalue weighted by Crippen LogP contribution is 2.31. The molecule has 0 aromatic rings. The molecule has 0 spiro atoms. The molecule has 1 amide bonds. The van der Waals surface area contributed by atoms with Crippen LogP contribution in [0.5, 0.6) is 0 Å². The maximum Gasteiger partial charge on any atom is 0.397 e. The Hall–Kier alpha value is -0.780. The van der Waals surface area contributed by atoms with Crippen LogP contribution in [0.1, 0.15) is 39.0 Å². The van der Waals surface area contributed by atoms with E-state index < -0.39 is 24.0 Å². The molecule has 100 valence electrons. The summed E-state index contributed by atoms with van der Waals surface area (Å²) in [5.41, 5.74) is 4.97. The van der Waals surface area contributed by atoms with Crippen LogP contribution < -0.4 is 11.1 Å². The number of amides is 1. The summed E-state index contributed by atoms with van der Waals surface area (Å²) in [7, 11) is 0. The van der Waals surface area contributed by atoms with Crippen molar-refractivity contribution < 1.29 is 18.0 Å². The predicted molar refractivity (Wildman–Crippen MR) is 58.2 cm³/mol. The summed E-state index contributed by atoms with van der Waals surface area (Å²) in [5, 5.41) is 2.48. The van der Waals surface area contributed by atoms with E-state index >= 15 is 0 Å². The highest BCUT2D eigenvalue weighted by molar-refractivity contribution is 5.77. The Labute approximate surface area is 98.9 Å². The molecule has 0 aliphatic heterocycles. The predicted octanol–water partition coefficient (Wildman–Crippen LogP) is 1.96. The van der Waals surface area contributed by atoms with E-state index in [1.165, 1.54) is 0 Å². The van der Waals surface area contributed by atoms with Crippen LogP contribution in [0.15, 0.2) is 0 Å². The van der Waals surface area contributed by atoms with Crippen molar-refractivity contribution in [3.63, 3.8) is 0 Å². The molecule has 0 unspecified atom stereocenters. The fourth-order valence-electron chi connectivity index (χ4n) is 2.22. The quantitative estimate of drug-likeness (QED) is 0.806. The number of nitrogens with one attached hydrogen (secondary N) is 1. The molecule has 17 heavy (non-hydrogen) atoms. The topological polar surface area (TPSA) is 55.1 Å². The third-order valence-electron chi connectivity index (χ3n) is 3.39. The maximum atomic E-state index is 12.1. The molecule has 1 saturated carbocycles. The zero-order valence-electron chi connectivity index (χ0n) is 9.94. The van der Waals surface area contributed by atoms with Gasteiger partial charge < -0.3 is 11.1 Å². The Kier molecular flexibility index (Phi) is 4.41. The number of hydrogen-bond donors (Lipinski definition) is 2. The first kappa shape index (κ1) is 14.3. The van der Waals surface area contributed by atoms with Gasteiger partial charge >= 0.3 is 6.18 Å². The van der Waals surface area contributed by atoms with Gasteiger partial charge in [-0.2, -0.15) is 13.2 Å². The van der Waals surface area contributed by atoms with E-state index in [1.807, 2.05) is 0 Å². The number of alkyl halides is 3. The van der Waals surface area contributed by atoms with Gasteiger partial charge in [0.1, 0.15) is 6.42 Å². The molecule has 0 atom stereocenters. The molecular formula is C11H19F3N2O. The van der Waals surface area contributed by atoms with Crippen LogP contribution in [0, 0.1) is 5.92 Å². The summed E-state index contributed by atoms with van der Waals surface area (Å²) in [6.45, 7) is 2.29. The number of carbonyl (C=O) groups excluding carboxylic acids is 1. The molecular weight excluding hydrogens is 233 g/mol. The normalized spacial score (nSPS) is 30.1. The standard InChI is InChI=1S/C11H19F3N2O/c1-8-2-4-10(7-15,5-3-8)16-9(17)6-11(12,13)14/h8H,2-7,15H2,1H3,(H,16,17). The molecule has 0 saturated heterocycles. The van der Waals surface area contributed by atoms with Gasteiger partial charge in [0.05, 0.1) is 5.54 Å². The molecule has 1 aliphatic carbocycles. The number of hydrogen-bond acceptors (Lipinski definition) is 2. The van der Waals surface area contributed by atoms with Crippen molar-refractivity contribution in [2.45, 2.75) is 50.7 Å². The first-order valence-corrected chi connectivity index (χ1v) is 5.84. The molecule has 0 aromatic heterocycles. The Morgan fingerprint density at radius 3 is 2.35 bits per heavy atom. The zero-order valence-corrected chi connectivity index (χ0v) is 9.94. The maximum absolute atomic E-state index is 12.1. The molecule has 3 nitrogen and oxygen atoms in total. The zero-order chi connectivity index (χ0) is 13.1. The number of halogens is 3. The van der Waals surface area contributed by atoms with Gasteiger partial charge in [0.25, 0.3) is 0 Å². The van der Waals surface area contributed by atoms with E-state index in [-0.39, 0.29) is 6.54 Å². The molecule has 6 heteroatoms. The Morgan fingerprint density at radius 1 is 1.41 bits per heavy atom. The summed E-state index contributed by atoms with van der Waals surface area (Å²) in [6.07, 6.45) is -2.78. The largest absolute Gasteiger partial charge is 0.397 e. The number of rotatable bonds is 3. The van der Waals surface area contributed by atoms with Crippen LogP contribution in [-0.2, 0) is 4.79 Å². The lowest BCUT2D eigenvalue weighted by Crippen LogP contribution is -2.56. The highest BCUT2D eigenvalue weighted by Gasteiger charge is 2.38. The molecule has 0 heterocycles. The monoisotopic (exact) mass is 252 g/mol. The van der Waals surface area contributed by atoms with Crippen molar-refractivity contribution in [1.82, 2.24) is 5.32 Å². The summed E-state index contributed by atoms with van der Waals surface area (Å²) < 4.78 is 36.2. The van der Waals surface area contributed by atoms with Crippen LogP contribution in [0.3, 0.4) is 0 Å². The minimum atomic E-state index is -4.46. The van der Waals surface area contributed by atoms with Crippen molar-refractivity contribution in [3.8, 4) is 0 Å². The average molecular weight is 252 g/mol. The van der Waals surface area contributed by atoms with Crippen molar-refractivity contribution in [2.24, 2.45) is 11.7 Å². The third kappa shape index (κ3) is 4.53. The van der Waals surface area contributed by atoms with Gasteiger partial charge in [-0.15, -0.1) is 0 Å². The molecule has 0 radical (unpaired) electrons. The highest BCUT2D eigenvalue weighted by atomic mass is 19.4. The van der Waals surface area contributed by atoms with E-state index in [0.717, 1.165) is 12.8 Å². The van der Waals surface area contributed by atoms with Crippen LogP contribution in [0.2, 0.25) is 0 Å². The minimum absolute atomic E-state index is 0.198. The van der Waals surface area contributed by atoms with E-state index in [4.69, 9.17) is 5.73 Å². The minimum Gasteiger partial charge on any atom is -0.349 e. The molecule has 0 bridgehead atoms. The molecule has 3 N–H and O–H groups in total. The lowest BCUT2D eigenvalue weighted by molar-refractivity contribution is -0.155. The van der Waals surface area contributed by atoms with Gasteiger partial charge in [-0.1, -0.05) is 6.92 Å². The van der Waals surface area contributed by atoms with Gasteiger partial charge in [0, 0.05) is 6.54 Å². The second kappa shape index (κ2) is 5.25. The molecule has 0 aromatic carbocycles. The first-order valence-electron chi connectivity index (χ1n) is 5.84. The van der Waals surface area contributed by atoms with Crippen LogP contribution in [-0.4, -0.2) is 24.2 Å². The van der Waals surface area contributed by atoms with E-state index in [1.54, 1.807) is 0 Å². The fraction of sp³-hybridized carbons (Fsp3) is 0.909. The second-order valence-electron chi connectivity index (χ2n) is 5.01. The van der Waals surface area contributed by atoms with Gasteiger partial charge in [-0.05, 0) is 31.6 Å². The van der Waals surface area contributed by atoms with Gasteiger partial charge in [0.15, 0.2) is 0 Å². The van der Waals surface area contributed by atoms with Crippen molar-refractivity contribution in [2.75, 3.05) is 6.54 Å². The van der Waals surface area contributed by atoms with Crippen molar-refractivity contribution in [1.29, 1.82) is 0 Å². The summed E-state index contributed by atoms with van der Waals surface area (Å²) >= 11 is 0. The van der Waals surface area contributed by atoms with E-state index in [9.17, 15) is 18.0 Å². The molecule has 1 aliphatic rings. The lowest BCUT2D eigenvalue weighted by atomic mass is 9.77. The summed E-state index contributed by atoms with van der Waals surface area (Å²) in [6, 6.07) is 0. The second-order valence-corrected chi connectivity index (χ2v) is 5.01. The molecule has 1 fully saturated rings. The number of nitrogens with two attached hydrogens (primary N) is 1. The number of carbonyl (C=O) groups is 1. The summed E-state index contributed by atoms with van der Waals surface area (Å²) in [4.78, 5) is 11.3. The SMILES string of the molecule is CC1CCC(CN)(NC(=O)CC(F)(F)F)CC1. The fourth-order valence-corrected chi connectivity index (χ4v) is 2.22. The van der Waals surface area contributed by atoms with Crippen LogP contribution in [0.4, 0.5) is 13.2 Å². The van der Waals surface area contributed by atoms with E-state index in [0.29, 0.717) is 18.8 Å². The lowest BCUT2D eigenvalue weighted by Gasteiger charge is -2.39. The van der Waals surface area contributed by atoms with Gasteiger partial charge in [0.2, 0.25) is 5.91 Å². The Morgan fingerprint density at radius 2 is 1.94 bits per heavy atom. The van der Waals surface area contributed by atoms with Crippen molar-refractivity contribution in [3.05, 3.63) is 0 Å². The van der Waals surface area contributed by atoms with Gasteiger partial charge in [-0.3, -0.25) is 4.79 Å². The van der Waals surface area contributed by atoms with Gasteiger partial charge in [-0.25, -0.2) is 0 Å². The smallest absolute Gasteiger partial charge is 0.349 e. The van der Waals surface area contributed by atoms with Crippen LogP contribution >= 0.6 is 0 Å². The van der Waals surface area contributed by atoms with Crippen molar-refractivity contribution >= 4 is 5.91 Å². The molecule has 1 rings (SSSR count). The van der Waals surface area contributed by atoms with E-state index in [2.05, 4.69) is 12.2 Å². The summed E-state index contributed by atoms with van der Waals surface area (Å²) in [5.74, 6) is -0.424. The Balaban J connectivity index is 2.54. The Bertz CT molecular complexity index is 270. The third-order valence-corrected chi connectivity index (χ3v) is 3.39.